The van der Waals surface area contributed by atoms with Crippen LogP contribution in [-0.4, -0.2) is 16.1 Å². The first-order valence-corrected chi connectivity index (χ1v) is 7.83. The molecule has 0 bridgehead atoms. The Morgan fingerprint density at radius 1 is 1.17 bits per heavy atom. The molecule has 1 aromatic carbocycles. The van der Waals surface area contributed by atoms with Gasteiger partial charge >= 0.3 is 0 Å². The molecule has 0 spiro atoms. The summed E-state index contributed by atoms with van der Waals surface area (Å²) in [4.78, 5) is 15.7. The number of nitrogens with one attached hydrogen (secondary N) is 1. The molecule has 3 rings (SSSR count). The van der Waals surface area contributed by atoms with Crippen molar-refractivity contribution in [3.63, 3.8) is 0 Å². The van der Waals surface area contributed by atoms with Crippen molar-refractivity contribution in [3.8, 4) is 5.75 Å². The highest BCUT2D eigenvalue weighted by molar-refractivity contribution is 5.78. The second-order valence-corrected chi connectivity index (χ2v) is 5.83. The Hall–Kier alpha value is -2.40. The summed E-state index contributed by atoms with van der Waals surface area (Å²) in [5.74, 6) is 0.525. The number of aromatic nitrogens is 1. The lowest BCUT2D eigenvalue weighted by Gasteiger charge is -2.18. The van der Waals surface area contributed by atoms with E-state index in [0.29, 0.717) is 6.61 Å². The van der Waals surface area contributed by atoms with E-state index in [1.807, 2.05) is 36.4 Å². The normalized spacial score (nSPS) is 20.2. The van der Waals surface area contributed by atoms with Gasteiger partial charge in [-0.15, -0.1) is 0 Å². The first-order chi connectivity index (χ1) is 11.3. The van der Waals surface area contributed by atoms with Crippen molar-refractivity contribution in [2.24, 2.45) is 5.92 Å². The second-order valence-electron chi connectivity index (χ2n) is 5.83. The van der Waals surface area contributed by atoms with E-state index in [4.69, 9.17) is 9.94 Å². The fraction of sp³-hybridized carbons (Fsp3) is 0.333. The maximum Gasteiger partial charge on any atom is 0.247 e. The molecule has 1 aliphatic carbocycles. The Kier molecular flexibility index (Phi) is 4.88. The van der Waals surface area contributed by atoms with Gasteiger partial charge in [0, 0.05) is 18.3 Å². The van der Waals surface area contributed by atoms with Gasteiger partial charge in [0.25, 0.3) is 0 Å². The molecule has 1 aliphatic rings. The van der Waals surface area contributed by atoms with Crippen molar-refractivity contribution >= 4 is 5.91 Å². The van der Waals surface area contributed by atoms with Gasteiger partial charge < -0.3 is 4.74 Å². The number of benzene rings is 1. The highest BCUT2D eigenvalue weighted by atomic mass is 16.5. The summed E-state index contributed by atoms with van der Waals surface area (Å²) in [5, 5.41) is 8.86. The molecule has 5 heteroatoms. The molecule has 1 saturated carbocycles. The zero-order chi connectivity index (χ0) is 16.1. The minimum absolute atomic E-state index is 0.149. The Bertz CT molecular complexity index is 643. The molecular weight excluding hydrogens is 292 g/mol. The minimum atomic E-state index is -0.287. The van der Waals surface area contributed by atoms with Crippen LogP contribution in [0.15, 0.2) is 48.8 Å². The molecule has 2 atom stereocenters. The molecule has 2 N–H and O–H groups in total. The van der Waals surface area contributed by atoms with Gasteiger partial charge in [-0.1, -0.05) is 18.6 Å². The van der Waals surface area contributed by atoms with Crippen molar-refractivity contribution in [1.29, 1.82) is 0 Å². The van der Waals surface area contributed by atoms with Crippen molar-refractivity contribution < 1.29 is 14.7 Å². The maximum atomic E-state index is 11.7. The number of pyridine rings is 1. The number of amides is 1. The third-order valence-corrected chi connectivity index (χ3v) is 4.43. The minimum Gasteiger partial charge on any atom is -0.489 e. The maximum absolute atomic E-state index is 11.7. The zero-order valence-corrected chi connectivity index (χ0v) is 12.8. The van der Waals surface area contributed by atoms with E-state index in [1.165, 1.54) is 0 Å². The molecule has 1 heterocycles. The van der Waals surface area contributed by atoms with Gasteiger partial charge in [-0.25, -0.2) is 5.48 Å². The Balaban J connectivity index is 1.64. The summed E-state index contributed by atoms with van der Waals surface area (Å²) in [7, 11) is 0. The third kappa shape index (κ3) is 3.68. The number of nitrogens with zero attached hydrogens (tertiary/aromatic N) is 1. The molecule has 120 valence electrons. The van der Waals surface area contributed by atoms with Crippen LogP contribution in [0.5, 0.6) is 5.75 Å². The second kappa shape index (κ2) is 7.24. The Morgan fingerprint density at radius 3 is 2.61 bits per heavy atom. The highest BCUT2D eigenvalue weighted by Gasteiger charge is 2.33. The van der Waals surface area contributed by atoms with Gasteiger partial charge in [-0.2, -0.15) is 0 Å². The average molecular weight is 312 g/mol. The molecular formula is C18H20N2O3. The number of hydroxylamine groups is 1. The van der Waals surface area contributed by atoms with Crippen LogP contribution < -0.4 is 10.2 Å². The van der Waals surface area contributed by atoms with Crippen LogP contribution in [0.2, 0.25) is 0 Å². The van der Waals surface area contributed by atoms with E-state index >= 15 is 0 Å². The fourth-order valence-electron chi connectivity index (χ4n) is 3.21. The highest BCUT2D eigenvalue weighted by Crippen LogP contribution is 2.40. The van der Waals surface area contributed by atoms with Crippen LogP contribution >= 0.6 is 0 Å². The molecule has 1 aromatic heterocycles. The van der Waals surface area contributed by atoms with Gasteiger partial charge in [0.15, 0.2) is 0 Å². The number of ether oxygens (including phenoxy) is 1. The van der Waals surface area contributed by atoms with E-state index in [1.54, 1.807) is 17.9 Å². The summed E-state index contributed by atoms with van der Waals surface area (Å²) in [6, 6.07) is 11.7. The molecule has 1 fully saturated rings. The number of hydrogen-bond acceptors (Lipinski definition) is 4. The van der Waals surface area contributed by atoms with Crippen LogP contribution in [0, 0.1) is 5.92 Å². The molecule has 0 saturated heterocycles. The van der Waals surface area contributed by atoms with Crippen molar-refractivity contribution in [2.75, 3.05) is 0 Å². The van der Waals surface area contributed by atoms with Crippen molar-refractivity contribution in [2.45, 2.75) is 31.8 Å². The van der Waals surface area contributed by atoms with Gasteiger partial charge in [-0.05, 0) is 54.2 Å². The topological polar surface area (TPSA) is 71.5 Å². The SMILES string of the molecule is O=C(NO)C1CCCC1c1ccc(OCc2ccncc2)cc1. The Labute approximate surface area is 135 Å². The summed E-state index contributed by atoms with van der Waals surface area (Å²) in [5.41, 5.74) is 3.97. The molecule has 0 aliphatic heterocycles. The van der Waals surface area contributed by atoms with E-state index < -0.39 is 0 Å². The van der Waals surface area contributed by atoms with Crippen LogP contribution in [0.4, 0.5) is 0 Å². The van der Waals surface area contributed by atoms with Gasteiger partial charge in [0.2, 0.25) is 5.91 Å². The lowest BCUT2D eigenvalue weighted by molar-refractivity contribution is -0.133. The summed E-state index contributed by atoms with van der Waals surface area (Å²) in [6.45, 7) is 0.501. The molecule has 5 nitrogen and oxygen atoms in total. The van der Waals surface area contributed by atoms with Crippen LogP contribution in [0.25, 0.3) is 0 Å². The Morgan fingerprint density at radius 2 is 1.91 bits per heavy atom. The van der Waals surface area contributed by atoms with Crippen LogP contribution in [-0.2, 0) is 11.4 Å². The number of carbonyl (C=O) groups is 1. The molecule has 0 radical (unpaired) electrons. The summed E-state index contributed by atoms with van der Waals surface area (Å²) in [6.07, 6.45) is 6.28. The third-order valence-electron chi connectivity index (χ3n) is 4.43. The van der Waals surface area contributed by atoms with Crippen LogP contribution in [0.3, 0.4) is 0 Å². The first-order valence-electron chi connectivity index (χ1n) is 7.83. The average Bonchev–Trinajstić information content (AvgIpc) is 3.10. The number of rotatable bonds is 5. The monoisotopic (exact) mass is 312 g/mol. The first kappa shape index (κ1) is 15.5. The quantitative estimate of drug-likeness (QED) is 0.657. The van der Waals surface area contributed by atoms with Crippen molar-refractivity contribution in [1.82, 2.24) is 10.5 Å². The lowest BCUT2D eigenvalue weighted by atomic mass is 9.88. The zero-order valence-electron chi connectivity index (χ0n) is 12.8. The van der Waals surface area contributed by atoms with E-state index in [2.05, 4.69) is 4.98 Å². The van der Waals surface area contributed by atoms with Crippen molar-refractivity contribution in [3.05, 3.63) is 59.9 Å². The number of carbonyl (C=O) groups excluding carboxylic acids is 1. The molecule has 1 amide bonds. The predicted molar refractivity (Wildman–Crippen MR) is 85.0 cm³/mol. The molecule has 2 unspecified atom stereocenters. The molecule has 23 heavy (non-hydrogen) atoms. The van der Waals surface area contributed by atoms with E-state index in [9.17, 15) is 4.79 Å². The predicted octanol–water partition coefficient (Wildman–Crippen LogP) is 3.05. The summed E-state index contributed by atoms with van der Waals surface area (Å²) < 4.78 is 5.76. The standard InChI is InChI=1S/C18H20N2O3/c21-18(20-22)17-3-1-2-16(17)14-4-6-15(7-5-14)23-12-13-8-10-19-11-9-13/h4-11,16-17,22H,1-3,12H2,(H,20,21). The van der Waals surface area contributed by atoms with Gasteiger partial charge in [-0.3, -0.25) is 15.0 Å². The largest absolute Gasteiger partial charge is 0.489 e. The van der Waals surface area contributed by atoms with Gasteiger partial charge in [0.1, 0.15) is 12.4 Å². The fourth-order valence-corrected chi connectivity index (χ4v) is 3.21. The summed E-state index contributed by atoms with van der Waals surface area (Å²) >= 11 is 0. The van der Waals surface area contributed by atoms with E-state index in [0.717, 1.165) is 36.1 Å². The van der Waals surface area contributed by atoms with Crippen LogP contribution in [0.1, 0.15) is 36.3 Å². The lowest BCUT2D eigenvalue weighted by Crippen LogP contribution is -2.29. The number of hydrogen-bond donors (Lipinski definition) is 2. The van der Waals surface area contributed by atoms with E-state index in [-0.39, 0.29) is 17.7 Å². The smallest absolute Gasteiger partial charge is 0.247 e. The van der Waals surface area contributed by atoms with Gasteiger partial charge in [0.05, 0.1) is 0 Å². The molecule has 2 aromatic rings.